The van der Waals surface area contributed by atoms with Gasteiger partial charge >= 0.3 is 0 Å². The zero-order valence-electron chi connectivity index (χ0n) is 16.7. The summed E-state index contributed by atoms with van der Waals surface area (Å²) in [5, 5.41) is 10.6. The molecule has 0 saturated heterocycles. The highest BCUT2D eigenvalue weighted by Gasteiger charge is 2.11. The minimum atomic E-state index is -0.580. The monoisotopic (exact) mass is 417 g/mol. The number of amides is 2. The van der Waals surface area contributed by atoms with Gasteiger partial charge in [-0.1, -0.05) is 6.07 Å². The van der Waals surface area contributed by atoms with Crippen molar-refractivity contribution in [1.82, 2.24) is 10.9 Å². The maximum absolute atomic E-state index is 12.1. The van der Waals surface area contributed by atoms with Crippen LogP contribution in [0.1, 0.15) is 19.4 Å². The lowest BCUT2D eigenvalue weighted by atomic mass is 10.1. The van der Waals surface area contributed by atoms with E-state index in [4.69, 9.17) is 14.2 Å². The van der Waals surface area contributed by atoms with Crippen LogP contribution in [0.5, 0.6) is 17.2 Å². The summed E-state index contributed by atoms with van der Waals surface area (Å²) in [6.45, 7) is 4.30. The maximum Gasteiger partial charge on any atom is 0.276 e. The molecule has 0 atom stereocenters. The van der Waals surface area contributed by atoms with E-state index in [1.54, 1.807) is 18.2 Å². The summed E-state index contributed by atoms with van der Waals surface area (Å²) >= 11 is 0. The van der Waals surface area contributed by atoms with Crippen LogP contribution in [0.25, 0.3) is 0 Å². The molecule has 0 bridgehead atoms. The molecule has 0 fully saturated rings. The molecular formula is C20H23N3O7. The molecular weight excluding hydrogens is 394 g/mol. The SMILES string of the molecule is CCOc1ccc(CC(=O)NNC(=O)COc2ccc([N+](=O)[O-])cc2)cc1OCC. The number of hydrazine groups is 1. The molecule has 0 unspecified atom stereocenters. The van der Waals surface area contributed by atoms with Gasteiger partial charge in [0.1, 0.15) is 5.75 Å². The predicted octanol–water partition coefficient (Wildman–Crippen LogP) is 2.16. The average Bonchev–Trinajstić information content (AvgIpc) is 2.73. The third-order valence-electron chi connectivity index (χ3n) is 3.73. The number of non-ortho nitro benzene ring substituents is 1. The van der Waals surface area contributed by atoms with Gasteiger partial charge < -0.3 is 14.2 Å². The summed E-state index contributed by atoms with van der Waals surface area (Å²) in [7, 11) is 0. The first kappa shape index (κ1) is 22.5. The van der Waals surface area contributed by atoms with E-state index in [-0.39, 0.29) is 18.7 Å². The quantitative estimate of drug-likeness (QED) is 0.448. The van der Waals surface area contributed by atoms with E-state index in [1.165, 1.54) is 24.3 Å². The predicted molar refractivity (Wildman–Crippen MR) is 107 cm³/mol. The fourth-order valence-corrected chi connectivity index (χ4v) is 2.42. The van der Waals surface area contributed by atoms with E-state index in [1.807, 2.05) is 13.8 Å². The van der Waals surface area contributed by atoms with E-state index in [0.29, 0.717) is 36.0 Å². The van der Waals surface area contributed by atoms with Crippen molar-refractivity contribution in [2.75, 3.05) is 19.8 Å². The molecule has 0 heterocycles. The van der Waals surface area contributed by atoms with Crippen molar-refractivity contribution in [1.29, 1.82) is 0 Å². The lowest BCUT2D eigenvalue weighted by molar-refractivity contribution is -0.384. The van der Waals surface area contributed by atoms with E-state index >= 15 is 0 Å². The van der Waals surface area contributed by atoms with Crippen molar-refractivity contribution < 1.29 is 28.7 Å². The van der Waals surface area contributed by atoms with Gasteiger partial charge in [-0.05, 0) is 43.7 Å². The van der Waals surface area contributed by atoms with Gasteiger partial charge in [0.15, 0.2) is 18.1 Å². The number of nitrogens with one attached hydrogen (secondary N) is 2. The van der Waals surface area contributed by atoms with E-state index in [0.717, 1.165) is 0 Å². The van der Waals surface area contributed by atoms with Crippen LogP contribution < -0.4 is 25.1 Å². The molecule has 160 valence electrons. The van der Waals surface area contributed by atoms with Crippen molar-refractivity contribution in [2.45, 2.75) is 20.3 Å². The fourth-order valence-electron chi connectivity index (χ4n) is 2.42. The van der Waals surface area contributed by atoms with Crippen LogP contribution in [0.2, 0.25) is 0 Å². The second kappa shape index (κ2) is 11.2. The summed E-state index contributed by atoms with van der Waals surface area (Å²) in [5.74, 6) is 0.430. The summed E-state index contributed by atoms with van der Waals surface area (Å²) in [5.41, 5.74) is 5.16. The number of carbonyl (C=O) groups excluding carboxylic acids is 2. The molecule has 2 amide bonds. The normalized spacial score (nSPS) is 10.1. The van der Waals surface area contributed by atoms with Gasteiger partial charge in [0.2, 0.25) is 5.91 Å². The number of nitro groups is 1. The molecule has 0 aliphatic heterocycles. The highest BCUT2D eigenvalue weighted by atomic mass is 16.6. The third-order valence-corrected chi connectivity index (χ3v) is 3.73. The number of nitrogens with zero attached hydrogens (tertiary/aromatic N) is 1. The van der Waals surface area contributed by atoms with Crippen LogP contribution in [-0.2, 0) is 16.0 Å². The number of nitro benzene ring substituents is 1. The first-order valence-electron chi connectivity index (χ1n) is 9.26. The number of carbonyl (C=O) groups is 2. The summed E-state index contributed by atoms with van der Waals surface area (Å²) < 4.78 is 16.2. The van der Waals surface area contributed by atoms with E-state index in [2.05, 4.69) is 10.9 Å². The zero-order chi connectivity index (χ0) is 21.9. The van der Waals surface area contributed by atoms with Crippen LogP contribution in [0.15, 0.2) is 42.5 Å². The first-order chi connectivity index (χ1) is 14.4. The van der Waals surface area contributed by atoms with Crippen LogP contribution in [0.3, 0.4) is 0 Å². The van der Waals surface area contributed by atoms with Crippen molar-refractivity contribution in [3.05, 3.63) is 58.1 Å². The zero-order valence-corrected chi connectivity index (χ0v) is 16.7. The Labute approximate surface area is 173 Å². The second-order valence-corrected chi connectivity index (χ2v) is 5.96. The van der Waals surface area contributed by atoms with Gasteiger partial charge in [-0.2, -0.15) is 0 Å². The van der Waals surface area contributed by atoms with Crippen molar-refractivity contribution in [3.8, 4) is 17.2 Å². The standard InChI is InChI=1S/C20H23N3O7/c1-3-28-17-10-5-14(11-18(17)29-4-2)12-19(24)21-22-20(25)13-30-16-8-6-15(7-9-16)23(26)27/h5-11H,3-4,12-13H2,1-2H3,(H,21,24)(H,22,25). The smallest absolute Gasteiger partial charge is 0.276 e. The van der Waals surface area contributed by atoms with Gasteiger partial charge in [0.05, 0.1) is 24.6 Å². The summed E-state index contributed by atoms with van der Waals surface area (Å²) in [6.07, 6.45) is 0.0238. The van der Waals surface area contributed by atoms with Crippen LogP contribution in [0, 0.1) is 10.1 Å². The Morgan fingerprint density at radius 1 is 0.900 bits per heavy atom. The lowest BCUT2D eigenvalue weighted by Crippen LogP contribution is -2.44. The van der Waals surface area contributed by atoms with E-state index in [9.17, 15) is 19.7 Å². The first-order valence-corrected chi connectivity index (χ1v) is 9.26. The maximum atomic E-state index is 12.1. The summed E-state index contributed by atoms with van der Waals surface area (Å²) in [4.78, 5) is 33.9. The minimum Gasteiger partial charge on any atom is -0.490 e. The molecule has 30 heavy (non-hydrogen) atoms. The van der Waals surface area contributed by atoms with Crippen LogP contribution in [-0.4, -0.2) is 36.6 Å². The Bertz CT molecular complexity index is 884. The van der Waals surface area contributed by atoms with Gasteiger partial charge in [-0.15, -0.1) is 0 Å². The highest BCUT2D eigenvalue weighted by Crippen LogP contribution is 2.28. The topological polar surface area (TPSA) is 129 Å². The molecule has 2 rings (SSSR count). The van der Waals surface area contributed by atoms with Gasteiger partial charge in [-0.3, -0.25) is 30.6 Å². The Morgan fingerprint density at radius 3 is 2.17 bits per heavy atom. The number of hydrogen-bond donors (Lipinski definition) is 2. The third kappa shape index (κ3) is 6.97. The molecule has 0 spiro atoms. The Hall–Kier alpha value is -3.82. The fraction of sp³-hybridized carbons (Fsp3) is 0.300. The molecule has 10 heteroatoms. The number of hydrogen-bond acceptors (Lipinski definition) is 7. The molecule has 2 aromatic carbocycles. The average molecular weight is 417 g/mol. The largest absolute Gasteiger partial charge is 0.490 e. The minimum absolute atomic E-state index is 0.0238. The molecule has 10 nitrogen and oxygen atoms in total. The van der Waals surface area contributed by atoms with Crippen LogP contribution >= 0.6 is 0 Å². The van der Waals surface area contributed by atoms with Gasteiger partial charge in [-0.25, -0.2) is 0 Å². The van der Waals surface area contributed by atoms with Crippen molar-refractivity contribution in [2.24, 2.45) is 0 Å². The molecule has 0 radical (unpaired) electrons. The number of ether oxygens (including phenoxy) is 3. The lowest BCUT2D eigenvalue weighted by Gasteiger charge is -2.13. The molecule has 0 aliphatic rings. The molecule has 0 aliphatic carbocycles. The second-order valence-electron chi connectivity index (χ2n) is 5.96. The van der Waals surface area contributed by atoms with Gasteiger partial charge in [0.25, 0.3) is 11.6 Å². The van der Waals surface area contributed by atoms with Crippen molar-refractivity contribution >= 4 is 17.5 Å². The molecule has 2 aromatic rings. The number of rotatable bonds is 10. The molecule has 0 aromatic heterocycles. The number of benzene rings is 2. The van der Waals surface area contributed by atoms with Gasteiger partial charge in [0, 0.05) is 12.1 Å². The Morgan fingerprint density at radius 2 is 1.53 bits per heavy atom. The Balaban J connectivity index is 1.80. The highest BCUT2D eigenvalue weighted by molar-refractivity contribution is 5.84. The van der Waals surface area contributed by atoms with Crippen LogP contribution in [0.4, 0.5) is 5.69 Å². The van der Waals surface area contributed by atoms with Crippen molar-refractivity contribution in [3.63, 3.8) is 0 Å². The molecule has 0 saturated carbocycles. The van der Waals surface area contributed by atoms with E-state index < -0.39 is 16.7 Å². The molecule has 2 N–H and O–H groups in total. The Kier molecular flexibility index (Phi) is 8.42. The summed E-state index contributed by atoms with van der Waals surface area (Å²) in [6, 6.07) is 10.5.